The van der Waals surface area contributed by atoms with Gasteiger partial charge in [-0.3, -0.25) is 4.79 Å². The number of carbonyl (C=O) groups is 1. The Morgan fingerprint density at radius 2 is 2.00 bits per heavy atom. The van der Waals surface area contributed by atoms with Crippen LogP contribution in [0.5, 0.6) is 0 Å². The van der Waals surface area contributed by atoms with Crippen LogP contribution >= 0.6 is 0 Å². The molecule has 0 unspecified atom stereocenters. The number of rotatable bonds is 4. The Hall–Kier alpha value is -2.28. The van der Waals surface area contributed by atoms with Crippen LogP contribution in [0.25, 0.3) is 0 Å². The summed E-state index contributed by atoms with van der Waals surface area (Å²) < 4.78 is 20.1. The summed E-state index contributed by atoms with van der Waals surface area (Å²) in [5.41, 5.74) is 0.522. The quantitative estimate of drug-likeness (QED) is 0.865. The van der Waals surface area contributed by atoms with Crippen molar-refractivity contribution in [2.45, 2.75) is 25.5 Å². The number of hydrogen-bond donors (Lipinski definition) is 0. The summed E-state index contributed by atoms with van der Waals surface area (Å²) in [6.45, 7) is 1.74. The second-order valence-electron chi connectivity index (χ2n) is 5.62. The average molecular weight is 318 g/mol. The van der Waals surface area contributed by atoms with Crippen molar-refractivity contribution in [2.24, 2.45) is 0 Å². The fraction of sp³-hybridized carbons (Fsp3) is 0.438. The molecule has 0 atom stereocenters. The smallest absolute Gasteiger partial charge is 0.253 e. The van der Waals surface area contributed by atoms with E-state index >= 15 is 0 Å². The second kappa shape index (κ2) is 6.87. The summed E-state index contributed by atoms with van der Waals surface area (Å²) in [6.07, 6.45) is 3.39. The zero-order chi connectivity index (χ0) is 16.2. The summed E-state index contributed by atoms with van der Waals surface area (Å²) in [4.78, 5) is 14.2. The molecule has 0 radical (unpaired) electrons. The first-order valence-corrected chi connectivity index (χ1v) is 7.61. The van der Waals surface area contributed by atoms with E-state index in [1.807, 2.05) is 9.47 Å². The summed E-state index contributed by atoms with van der Waals surface area (Å²) in [5, 5.41) is 8.01. The van der Waals surface area contributed by atoms with Gasteiger partial charge in [-0.1, -0.05) is 0 Å². The molecule has 0 N–H and O–H groups in total. The highest BCUT2D eigenvalue weighted by atomic mass is 19.1. The van der Waals surface area contributed by atoms with Crippen LogP contribution in [-0.2, 0) is 11.3 Å². The SMILES string of the molecule is COCc1nncn1C1CCN(C(=O)c2ccc(F)cc2)CC1. The van der Waals surface area contributed by atoms with E-state index in [9.17, 15) is 9.18 Å². The Morgan fingerprint density at radius 3 is 2.65 bits per heavy atom. The lowest BCUT2D eigenvalue weighted by Gasteiger charge is -2.33. The van der Waals surface area contributed by atoms with E-state index in [4.69, 9.17) is 4.74 Å². The van der Waals surface area contributed by atoms with Crippen LogP contribution in [0.3, 0.4) is 0 Å². The predicted octanol–water partition coefficient (Wildman–Crippen LogP) is 2.04. The number of halogens is 1. The number of amides is 1. The highest BCUT2D eigenvalue weighted by Gasteiger charge is 2.25. The first-order chi connectivity index (χ1) is 11.2. The Labute approximate surface area is 133 Å². The third-order valence-corrected chi connectivity index (χ3v) is 4.16. The number of methoxy groups -OCH3 is 1. The number of ether oxygens (including phenoxy) is 1. The van der Waals surface area contributed by atoms with Crippen LogP contribution in [0.1, 0.15) is 35.1 Å². The molecular formula is C16H19FN4O2. The first kappa shape index (κ1) is 15.6. The van der Waals surface area contributed by atoms with Crippen LogP contribution in [-0.4, -0.2) is 45.8 Å². The molecule has 1 saturated heterocycles. The molecule has 7 heteroatoms. The maximum Gasteiger partial charge on any atom is 0.253 e. The lowest BCUT2D eigenvalue weighted by Crippen LogP contribution is -2.39. The van der Waals surface area contributed by atoms with Gasteiger partial charge in [-0.05, 0) is 37.1 Å². The van der Waals surface area contributed by atoms with Crippen molar-refractivity contribution >= 4 is 5.91 Å². The van der Waals surface area contributed by atoms with Crippen molar-refractivity contribution in [3.8, 4) is 0 Å². The van der Waals surface area contributed by atoms with E-state index in [0.717, 1.165) is 18.7 Å². The summed E-state index contributed by atoms with van der Waals surface area (Å²) in [7, 11) is 1.63. The molecule has 23 heavy (non-hydrogen) atoms. The normalized spacial score (nSPS) is 15.8. The molecule has 122 valence electrons. The number of hydrogen-bond acceptors (Lipinski definition) is 4. The fourth-order valence-corrected chi connectivity index (χ4v) is 2.93. The van der Waals surface area contributed by atoms with Gasteiger partial charge in [-0.2, -0.15) is 0 Å². The average Bonchev–Trinajstić information content (AvgIpc) is 3.04. The minimum absolute atomic E-state index is 0.0516. The van der Waals surface area contributed by atoms with Gasteiger partial charge in [-0.25, -0.2) is 4.39 Å². The minimum Gasteiger partial charge on any atom is -0.377 e. The Morgan fingerprint density at radius 1 is 1.30 bits per heavy atom. The van der Waals surface area contributed by atoms with Crippen molar-refractivity contribution in [1.29, 1.82) is 0 Å². The maximum absolute atomic E-state index is 13.0. The van der Waals surface area contributed by atoms with Crippen molar-refractivity contribution in [2.75, 3.05) is 20.2 Å². The lowest BCUT2D eigenvalue weighted by molar-refractivity contribution is 0.0690. The van der Waals surface area contributed by atoms with Crippen molar-refractivity contribution in [3.63, 3.8) is 0 Å². The molecule has 1 aliphatic heterocycles. The third kappa shape index (κ3) is 3.39. The van der Waals surface area contributed by atoms with Crippen molar-refractivity contribution in [1.82, 2.24) is 19.7 Å². The largest absolute Gasteiger partial charge is 0.377 e. The first-order valence-electron chi connectivity index (χ1n) is 7.61. The van der Waals surface area contributed by atoms with Gasteiger partial charge in [0.25, 0.3) is 5.91 Å². The Bertz CT molecular complexity index is 663. The maximum atomic E-state index is 13.0. The molecule has 1 aliphatic rings. The van der Waals surface area contributed by atoms with E-state index < -0.39 is 0 Å². The molecule has 0 spiro atoms. The van der Waals surface area contributed by atoms with Gasteiger partial charge in [0.2, 0.25) is 0 Å². The topological polar surface area (TPSA) is 60.3 Å². The summed E-state index contributed by atoms with van der Waals surface area (Å²) >= 11 is 0. The number of aromatic nitrogens is 3. The van der Waals surface area contributed by atoms with Crippen LogP contribution in [0.15, 0.2) is 30.6 Å². The molecule has 0 bridgehead atoms. The van der Waals surface area contributed by atoms with Crippen LogP contribution in [0, 0.1) is 5.82 Å². The Balaban J connectivity index is 1.63. The van der Waals surface area contributed by atoms with Gasteiger partial charge < -0.3 is 14.2 Å². The molecule has 3 rings (SSSR count). The van der Waals surface area contributed by atoms with Gasteiger partial charge >= 0.3 is 0 Å². The molecular weight excluding hydrogens is 299 g/mol. The minimum atomic E-state index is -0.335. The van der Waals surface area contributed by atoms with E-state index in [0.29, 0.717) is 25.3 Å². The second-order valence-corrected chi connectivity index (χ2v) is 5.62. The molecule has 1 aromatic heterocycles. The highest BCUT2D eigenvalue weighted by molar-refractivity contribution is 5.94. The van der Waals surface area contributed by atoms with Gasteiger partial charge in [-0.15, -0.1) is 10.2 Å². The predicted molar refractivity (Wildman–Crippen MR) is 81.3 cm³/mol. The molecule has 1 amide bonds. The van der Waals surface area contributed by atoms with E-state index in [1.54, 1.807) is 13.4 Å². The molecule has 1 fully saturated rings. The fourth-order valence-electron chi connectivity index (χ4n) is 2.93. The summed E-state index contributed by atoms with van der Waals surface area (Å²) in [5.74, 6) is 0.415. The highest BCUT2D eigenvalue weighted by Crippen LogP contribution is 2.24. The monoisotopic (exact) mass is 318 g/mol. The van der Waals surface area contributed by atoms with Crippen molar-refractivity contribution < 1.29 is 13.9 Å². The van der Waals surface area contributed by atoms with E-state index in [2.05, 4.69) is 10.2 Å². The zero-order valence-corrected chi connectivity index (χ0v) is 13.0. The molecule has 0 saturated carbocycles. The van der Waals surface area contributed by atoms with Gasteiger partial charge in [0, 0.05) is 31.8 Å². The lowest BCUT2D eigenvalue weighted by atomic mass is 10.0. The number of benzene rings is 1. The molecule has 0 aliphatic carbocycles. The number of carbonyl (C=O) groups excluding carboxylic acids is 1. The molecule has 2 aromatic rings. The van der Waals surface area contributed by atoms with Crippen LogP contribution in [0.2, 0.25) is 0 Å². The van der Waals surface area contributed by atoms with E-state index in [1.165, 1.54) is 24.3 Å². The van der Waals surface area contributed by atoms with Gasteiger partial charge in [0.1, 0.15) is 18.8 Å². The molecule has 2 heterocycles. The number of piperidine rings is 1. The van der Waals surface area contributed by atoms with Crippen LogP contribution < -0.4 is 0 Å². The van der Waals surface area contributed by atoms with Gasteiger partial charge in [0.05, 0.1) is 0 Å². The summed E-state index contributed by atoms with van der Waals surface area (Å²) in [6, 6.07) is 5.95. The Kier molecular flexibility index (Phi) is 4.66. The van der Waals surface area contributed by atoms with E-state index in [-0.39, 0.29) is 17.8 Å². The van der Waals surface area contributed by atoms with Gasteiger partial charge in [0.15, 0.2) is 5.82 Å². The standard InChI is InChI=1S/C16H19FN4O2/c1-23-10-15-19-18-11-21(15)14-6-8-20(9-7-14)16(22)12-2-4-13(17)5-3-12/h2-5,11,14H,6-10H2,1H3. The molecule has 1 aromatic carbocycles. The zero-order valence-electron chi connectivity index (χ0n) is 13.0. The third-order valence-electron chi connectivity index (χ3n) is 4.16. The molecule has 6 nitrogen and oxygen atoms in total. The number of likely N-dealkylation sites (tertiary alicyclic amines) is 1. The van der Waals surface area contributed by atoms with Crippen molar-refractivity contribution in [3.05, 3.63) is 47.8 Å². The number of nitrogens with zero attached hydrogens (tertiary/aromatic N) is 4. The van der Waals surface area contributed by atoms with Crippen LogP contribution in [0.4, 0.5) is 4.39 Å².